The number of hydrogen-bond acceptors (Lipinski definition) is 4. The number of amides is 1. The van der Waals surface area contributed by atoms with E-state index >= 15 is 0 Å². The summed E-state index contributed by atoms with van der Waals surface area (Å²) >= 11 is 1.40. The largest absolute Gasteiger partial charge is 0.484 e. The van der Waals surface area contributed by atoms with E-state index in [0.717, 1.165) is 10.4 Å². The summed E-state index contributed by atoms with van der Waals surface area (Å²) in [5.74, 6) is -0.220. The molecule has 140 valence electrons. The lowest BCUT2D eigenvalue weighted by molar-refractivity contribution is -0.153. The van der Waals surface area contributed by atoms with Gasteiger partial charge in [-0.05, 0) is 36.8 Å². The number of thiophene rings is 1. The van der Waals surface area contributed by atoms with Crippen LogP contribution >= 0.6 is 11.3 Å². The lowest BCUT2D eigenvalue weighted by Crippen LogP contribution is -2.23. The quantitative estimate of drug-likeness (QED) is 0.690. The highest BCUT2D eigenvalue weighted by Gasteiger charge is 2.28. The van der Waals surface area contributed by atoms with Crippen LogP contribution in [-0.2, 0) is 11.3 Å². The zero-order chi connectivity index (χ0) is 19.2. The van der Waals surface area contributed by atoms with E-state index in [4.69, 9.17) is 0 Å². The summed E-state index contributed by atoms with van der Waals surface area (Å²) in [5, 5.41) is 2.68. The van der Waals surface area contributed by atoms with E-state index in [0.29, 0.717) is 4.88 Å². The number of ether oxygens (including phenoxy) is 1. The molecule has 0 radical (unpaired) electrons. The predicted octanol–water partition coefficient (Wildman–Crippen LogP) is 4.28. The van der Waals surface area contributed by atoms with Crippen LogP contribution < -0.4 is 10.1 Å². The van der Waals surface area contributed by atoms with Gasteiger partial charge in [0.15, 0.2) is 12.4 Å². The van der Waals surface area contributed by atoms with Crippen molar-refractivity contribution in [2.45, 2.75) is 32.5 Å². The Labute approximate surface area is 153 Å². The average Bonchev–Trinajstić information content (AvgIpc) is 3.03. The highest BCUT2D eigenvalue weighted by atomic mass is 32.1. The van der Waals surface area contributed by atoms with Gasteiger partial charge in [-0.3, -0.25) is 9.59 Å². The Hall–Kier alpha value is -2.35. The van der Waals surface area contributed by atoms with Gasteiger partial charge in [0, 0.05) is 24.3 Å². The normalized spacial score (nSPS) is 11.2. The van der Waals surface area contributed by atoms with Gasteiger partial charge in [-0.25, -0.2) is 0 Å². The van der Waals surface area contributed by atoms with Crippen LogP contribution in [0.25, 0.3) is 0 Å². The number of carbonyl (C=O) groups is 2. The van der Waals surface area contributed by atoms with Gasteiger partial charge in [0.25, 0.3) is 0 Å². The number of rotatable bonds is 8. The zero-order valence-corrected chi connectivity index (χ0v) is 14.9. The number of nitrogens with one attached hydrogen (secondary N) is 1. The van der Waals surface area contributed by atoms with E-state index < -0.39 is 12.8 Å². The third kappa shape index (κ3) is 6.87. The number of hydrogen-bond donors (Lipinski definition) is 1. The molecule has 2 rings (SSSR count). The first kappa shape index (κ1) is 20.0. The summed E-state index contributed by atoms with van der Waals surface area (Å²) in [6.45, 7) is 0.791. The number of aryl methyl sites for hydroxylation is 1. The maximum Gasteiger partial charge on any atom is 0.422 e. The van der Waals surface area contributed by atoms with Gasteiger partial charge in [-0.1, -0.05) is 12.1 Å². The highest BCUT2D eigenvalue weighted by molar-refractivity contribution is 7.14. The van der Waals surface area contributed by atoms with Crippen molar-refractivity contribution in [3.05, 3.63) is 51.7 Å². The summed E-state index contributed by atoms with van der Waals surface area (Å²) in [4.78, 5) is 25.5. The standard InChI is InChI=1S/C18H18F3NO3S/c1-12-2-8-16(26-12)15(23)7-9-17(24)22-10-13-3-5-14(6-4-13)25-11-18(19,20)21/h2-6,8H,7,9-11H2,1H3,(H,22,24). The average molecular weight is 385 g/mol. The molecule has 4 nitrogen and oxygen atoms in total. The number of halogens is 3. The minimum Gasteiger partial charge on any atom is -0.484 e. The molecule has 1 amide bonds. The molecule has 0 bridgehead atoms. The van der Waals surface area contributed by atoms with Crippen molar-refractivity contribution in [2.24, 2.45) is 0 Å². The second kappa shape index (κ2) is 8.84. The third-order valence-corrected chi connectivity index (χ3v) is 4.45. The second-order valence-electron chi connectivity index (χ2n) is 5.66. The van der Waals surface area contributed by atoms with Crippen LogP contribution in [0.15, 0.2) is 36.4 Å². The fourth-order valence-electron chi connectivity index (χ4n) is 2.09. The van der Waals surface area contributed by atoms with Crippen LogP contribution in [0, 0.1) is 6.92 Å². The SMILES string of the molecule is Cc1ccc(C(=O)CCC(=O)NCc2ccc(OCC(F)(F)F)cc2)s1. The monoisotopic (exact) mass is 385 g/mol. The molecule has 1 heterocycles. The number of ketones is 1. The van der Waals surface area contributed by atoms with Crippen LogP contribution in [0.3, 0.4) is 0 Å². The van der Waals surface area contributed by atoms with E-state index in [9.17, 15) is 22.8 Å². The number of carbonyl (C=O) groups excluding carboxylic acids is 2. The van der Waals surface area contributed by atoms with Gasteiger partial charge in [0.05, 0.1) is 4.88 Å². The van der Waals surface area contributed by atoms with Crippen LogP contribution in [0.5, 0.6) is 5.75 Å². The van der Waals surface area contributed by atoms with Crippen molar-refractivity contribution in [2.75, 3.05) is 6.61 Å². The number of alkyl halides is 3. The number of benzene rings is 1. The van der Waals surface area contributed by atoms with Gasteiger partial charge in [0.2, 0.25) is 5.91 Å². The Morgan fingerprint density at radius 2 is 1.77 bits per heavy atom. The summed E-state index contributed by atoms with van der Waals surface area (Å²) in [5.41, 5.74) is 0.720. The van der Waals surface area contributed by atoms with Crippen LogP contribution in [0.4, 0.5) is 13.2 Å². The van der Waals surface area contributed by atoms with Crippen LogP contribution in [0.2, 0.25) is 0 Å². The first-order chi connectivity index (χ1) is 12.2. The molecule has 2 aromatic rings. The van der Waals surface area contributed by atoms with E-state index in [1.807, 2.05) is 13.0 Å². The van der Waals surface area contributed by atoms with Gasteiger partial charge in [0.1, 0.15) is 5.75 Å². The van der Waals surface area contributed by atoms with E-state index in [-0.39, 0.29) is 36.8 Å². The van der Waals surface area contributed by atoms with Crippen molar-refractivity contribution >= 4 is 23.0 Å². The van der Waals surface area contributed by atoms with Crippen molar-refractivity contribution in [3.8, 4) is 5.75 Å². The topological polar surface area (TPSA) is 55.4 Å². The molecule has 1 aromatic carbocycles. The number of Topliss-reactive ketones (excluding diaryl/α,β-unsaturated/α-hetero) is 1. The first-order valence-electron chi connectivity index (χ1n) is 7.88. The molecule has 26 heavy (non-hydrogen) atoms. The van der Waals surface area contributed by atoms with Gasteiger partial charge < -0.3 is 10.1 Å². The summed E-state index contributed by atoms with van der Waals surface area (Å²) in [6.07, 6.45) is -4.16. The molecule has 1 N–H and O–H groups in total. The van der Waals surface area contributed by atoms with E-state index in [1.165, 1.54) is 23.5 Å². The summed E-state index contributed by atoms with van der Waals surface area (Å²) < 4.78 is 40.8. The molecular formula is C18H18F3NO3S. The summed E-state index contributed by atoms with van der Waals surface area (Å²) in [6, 6.07) is 9.59. The van der Waals surface area contributed by atoms with Gasteiger partial charge in [-0.15, -0.1) is 11.3 Å². The Morgan fingerprint density at radius 3 is 2.35 bits per heavy atom. The van der Waals surface area contributed by atoms with Gasteiger partial charge >= 0.3 is 6.18 Å². The minimum absolute atomic E-state index is 0.0654. The molecule has 0 aliphatic carbocycles. The van der Waals surface area contributed by atoms with Crippen molar-refractivity contribution in [3.63, 3.8) is 0 Å². The Morgan fingerprint density at radius 1 is 1.08 bits per heavy atom. The van der Waals surface area contributed by atoms with Crippen molar-refractivity contribution in [1.82, 2.24) is 5.32 Å². The Bertz CT molecular complexity index is 754. The predicted molar refractivity (Wildman–Crippen MR) is 92.5 cm³/mol. The molecule has 0 fully saturated rings. The zero-order valence-electron chi connectivity index (χ0n) is 14.1. The Kier molecular flexibility index (Phi) is 6.79. The first-order valence-corrected chi connectivity index (χ1v) is 8.69. The molecule has 1 aromatic heterocycles. The molecule has 0 saturated heterocycles. The van der Waals surface area contributed by atoms with Gasteiger partial charge in [-0.2, -0.15) is 13.2 Å². The fourth-order valence-corrected chi connectivity index (χ4v) is 2.93. The maximum atomic E-state index is 12.1. The lowest BCUT2D eigenvalue weighted by atomic mass is 10.1. The third-order valence-electron chi connectivity index (χ3n) is 3.41. The van der Waals surface area contributed by atoms with Crippen LogP contribution in [0.1, 0.15) is 33.0 Å². The molecule has 0 unspecified atom stereocenters. The smallest absolute Gasteiger partial charge is 0.422 e. The lowest BCUT2D eigenvalue weighted by Gasteiger charge is -2.10. The van der Waals surface area contributed by atoms with E-state index in [1.54, 1.807) is 18.2 Å². The molecule has 0 aliphatic heterocycles. The summed E-state index contributed by atoms with van der Waals surface area (Å²) in [7, 11) is 0. The minimum atomic E-state index is -4.38. The molecule has 0 atom stereocenters. The van der Waals surface area contributed by atoms with Crippen molar-refractivity contribution < 1.29 is 27.5 Å². The van der Waals surface area contributed by atoms with Crippen molar-refractivity contribution in [1.29, 1.82) is 0 Å². The maximum absolute atomic E-state index is 12.1. The molecule has 0 saturated carbocycles. The molecular weight excluding hydrogens is 367 g/mol. The molecule has 8 heteroatoms. The second-order valence-corrected chi connectivity index (χ2v) is 6.95. The highest BCUT2D eigenvalue weighted by Crippen LogP contribution is 2.19. The Balaban J connectivity index is 1.72. The van der Waals surface area contributed by atoms with E-state index in [2.05, 4.69) is 10.1 Å². The molecule has 0 spiro atoms. The van der Waals surface area contributed by atoms with Crippen LogP contribution in [-0.4, -0.2) is 24.5 Å². The molecule has 0 aliphatic rings. The fraction of sp³-hybridized carbons (Fsp3) is 0.333.